The largest absolute Gasteiger partial charge is 0.313 e. The number of nitrogens with zero attached hydrogens (tertiary/aromatic N) is 3. The van der Waals surface area contributed by atoms with E-state index in [1.807, 2.05) is 42.7 Å². The second-order valence-corrected chi connectivity index (χ2v) is 4.78. The zero-order chi connectivity index (χ0) is 12.2. The molecule has 0 radical (unpaired) electrons. The van der Waals surface area contributed by atoms with E-state index in [9.17, 15) is 0 Å². The van der Waals surface area contributed by atoms with Gasteiger partial charge in [0.05, 0.1) is 17.8 Å². The van der Waals surface area contributed by atoms with Crippen LogP contribution in [0.3, 0.4) is 0 Å². The van der Waals surface area contributed by atoms with E-state index in [4.69, 9.17) is 0 Å². The monoisotopic (exact) mass is 255 g/mol. The zero-order valence-corrected chi connectivity index (χ0v) is 10.6. The van der Waals surface area contributed by atoms with Crippen molar-refractivity contribution in [3.05, 3.63) is 60.7 Å². The Labute approximate surface area is 111 Å². The fourth-order valence-corrected chi connectivity index (χ4v) is 2.49. The predicted molar refractivity (Wildman–Crippen MR) is 78.8 cm³/mol. The lowest BCUT2D eigenvalue weighted by atomic mass is 10.3. The van der Waals surface area contributed by atoms with Crippen molar-refractivity contribution in [2.24, 2.45) is 4.40 Å². The third-order valence-electron chi connectivity index (χ3n) is 2.75. The van der Waals surface area contributed by atoms with Gasteiger partial charge in [0.2, 0.25) is 0 Å². The average molecular weight is 255 g/mol. The van der Waals surface area contributed by atoms with Crippen molar-refractivity contribution >= 4 is 29.8 Å². The van der Waals surface area contributed by atoms with Crippen LogP contribution in [0.15, 0.2) is 65.1 Å². The summed E-state index contributed by atoms with van der Waals surface area (Å²) < 4.78 is 6.50. The van der Waals surface area contributed by atoms with Crippen LogP contribution in [0.5, 0.6) is 0 Å². The Bertz CT molecular complexity index is 527. The Kier molecular flexibility index (Phi) is 3.19. The van der Waals surface area contributed by atoms with Gasteiger partial charge in [-0.2, -0.15) is 4.40 Å². The van der Waals surface area contributed by atoms with E-state index in [2.05, 4.69) is 37.9 Å². The van der Waals surface area contributed by atoms with Crippen LogP contribution in [-0.4, -0.2) is 13.0 Å². The molecule has 0 amide bonds. The molecule has 1 aliphatic heterocycles. The molecule has 0 unspecified atom stereocenters. The van der Waals surface area contributed by atoms with Gasteiger partial charge in [0.15, 0.2) is 0 Å². The van der Waals surface area contributed by atoms with Crippen molar-refractivity contribution in [2.75, 3.05) is 15.9 Å². The second-order valence-electron chi connectivity index (χ2n) is 3.96. The number of hydrogen-bond acceptors (Lipinski definition) is 4. The summed E-state index contributed by atoms with van der Waals surface area (Å²) in [4.78, 5) is 2.13. The number of para-hydroxylation sites is 2. The van der Waals surface area contributed by atoms with Crippen molar-refractivity contribution in [3.8, 4) is 0 Å². The van der Waals surface area contributed by atoms with Gasteiger partial charge in [-0.05, 0) is 24.3 Å². The summed E-state index contributed by atoms with van der Waals surface area (Å²) in [5.74, 6) is 0. The van der Waals surface area contributed by atoms with Crippen molar-refractivity contribution in [1.29, 1.82) is 0 Å². The van der Waals surface area contributed by atoms with E-state index in [1.165, 1.54) is 17.8 Å². The minimum absolute atomic E-state index is 0.794. The van der Waals surface area contributed by atoms with Crippen molar-refractivity contribution in [1.82, 2.24) is 0 Å². The van der Waals surface area contributed by atoms with Gasteiger partial charge in [-0.15, -0.1) is 0 Å². The molecule has 2 aromatic carbocycles. The van der Waals surface area contributed by atoms with Gasteiger partial charge in [-0.1, -0.05) is 36.4 Å². The molecule has 90 valence electrons. The first-order valence-electron chi connectivity index (χ1n) is 5.78. The van der Waals surface area contributed by atoms with Crippen LogP contribution in [0.25, 0.3) is 0 Å². The molecule has 2 aromatic rings. The summed E-state index contributed by atoms with van der Waals surface area (Å²) in [6.07, 6.45) is 1.87. The molecular formula is C14H13N3S. The first-order chi connectivity index (χ1) is 8.93. The third-order valence-corrected chi connectivity index (χ3v) is 3.46. The molecule has 0 aliphatic carbocycles. The van der Waals surface area contributed by atoms with E-state index in [1.54, 1.807) is 0 Å². The molecular weight excluding hydrogens is 242 g/mol. The molecule has 0 atom stereocenters. The van der Waals surface area contributed by atoms with Crippen molar-refractivity contribution < 1.29 is 0 Å². The van der Waals surface area contributed by atoms with Crippen LogP contribution in [-0.2, 0) is 0 Å². The second kappa shape index (κ2) is 5.14. The molecule has 0 N–H and O–H groups in total. The molecule has 4 heteroatoms. The Morgan fingerprint density at radius 1 is 0.833 bits per heavy atom. The highest BCUT2D eigenvalue weighted by molar-refractivity contribution is 7.99. The normalized spacial score (nSPS) is 14.9. The molecule has 0 bridgehead atoms. The Balaban J connectivity index is 1.81. The lowest BCUT2D eigenvalue weighted by Crippen LogP contribution is -2.35. The maximum absolute atomic E-state index is 4.34. The number of anilines is 2. The molecule has 0 saturated carbocycles. The summed E-state index contributed by atoms with van der Waals surface area (Å²) in [6.45, 7) is 0.794. The molecule has 0 fully saturated rings. The Hall–Kier alpha value is -1.94. The highest BCUT2D eigenvalue weighted by Gasteiger charge is 2.15. The standard InChI is InChI=1S/C14H13N3S/c1-3-7-13(8-4-1)16-11-15-18-17(12-16)14-9-5-2-6-10-14/h1-11H,12H2. The van der Waals surface area contributed by atoms with Gasteiger partial charge in [-0.3, -0.25) is 4.31 Å². The van der Waals surface area contributed by atoms with E-state index in [0.29, 0.717) is 0 Å². The highest BCUT2D eigenvalue weighted by atomic mass is 32.2. The lowest BCUT2D eigenvalue weighted by Gasteiger charge is -2.31. The number of hydrogen-bond donors (Lipinski definition) is 0. The maximum Gasteiger partial charge on any atom is 0.108 e. The predicted octanol–water partition coefficient (Wildman–Crippen LogP) is 3.56. The van der Waals surface area contributed by atoms with E-state index >= 15 is 0 Å². The summed E-state index contributed by atoms with van der Waals surface area (Å²) in [5, 5.41) is 0. The van der Waals surface area contributed by atoms with Gasteiger partial charge in [-0.25, -0.2) is 0 Å². The lowest BCUT2D eigenvalue weighted by molar-refractivity contribution is 1.01. The molecule has 1 aliphatic rings. The first-order valence-corrected chi connectivity index (χ1v) is 6.51. The molecule has 0 aromatic heterocycles. The SMILES string of the molecule is C1=NSN(c2ccccc2)CN1c1ccccc1. The topological polar surface area (TPSA) is 18.8 Å². The van der Waals surface area contributed by atoms with E-state index in [0.717, 1.165) is 12.4 Å². The molecule has 3 nitrogen and oxygen atoms in total. The fourth-order valence-electron chi connectivity index (χ4n) is 1.83. The molecule has 1 heterocycles. The molecule has 0 saturated heterocycles. The minimum atomic E-state index is 0.794. The van der Waals surface area contributed by atoms with Gasteiger partial charge in [0, 0.05) is 5.69 Å². The Morgan fingerprint density at radius 3 is 2.11 bits per heavy atom. The van der Waals surface area contributed by atoms with Gasteiger partial charge >= 0.3 is 0 Å². The summed E-state index contributed by atoms with van der Waals surface area (Å²) in [7, 11) is 0. The van der Waals surface area contributed by atoms with Gasteiger partial charge < -0.3 is 4.90 Å². The minimum Gasteiger partial charge on any atom is -0.313 e. The van der Waals surface area contributed by atoms with Crippen LogP contribution < -0.4 is 9.21 Å². The van der Waals surface area contributed by atoms with Crippen LogP contribution in [0.2, 0.25) is 0 Å². The van der Waals surface area contributed by atoms with Crippen molar-refractivity contribution in [2.45, 2.75) is 0 Å². The smallest absolute Gasteiger partial charge is 0.108 e. The zero-order valence-electron chi connectivity index (χ0n) is 9.81. The third kappa shape index (κ3) is 2.33. The summed E-state index contributed by atoms with van der Waals surface area (Å²) in [5.41, 5.74) is 2.32. The number of rotatable bonds is 2. The quantitative estimate of drug-likeness (QED) is 0.765. The number of benzene rings is 2. The maximum atomic E-state index is 4.34. The fraction of sp³-hybridized carbons (Fsp3) is 0.0714. The molecule has 3 rings (SSSR count). The van der Waals surface area contributed by atoms with E-state index < -0.39 is 0 Å². The van der Waals surface area contributed by atoms with Crippen LogP contribution >= 0.6 is 12.1 Å². The highest BCUT2D eigenvalue weighted by Crippen LogP contribution is 2.27. The Morgan fingerprint density at radius 2 is 1.44 bits per heavy atom. The van der Waals surface area contributed by atoms with Crippen LogP contribution in [0, 0.1) is 0 Å². The molecule has 18 heavy (non-hydrogen) atoms. The first kappa shape index (κ1) is 11.2. The van der Waals surface area contributed by atoms with Crippen LogP contribution in [0.4, 0.5) is 11.4 Å². The van der Waals surface area contributed by atoms with Gasteiger partial charge in [0.25, 0.3) is 0 Å². The summed E-state index contributed by atoms with van der Waals surface area (Å²) >= 11 is 1.48. The van der Waals surface area contributed by atoms with Gasteiger partial charge in [0.1, 0.15) is 13.0 Å². The van der Waals surface area contributed by atoms with Crippen LogP contribution in [0.1, 0.15) is 0 Å². The van der Waals surface area contributed by atoms with Crippen molar-refractivity contribution in [3.63, 3.8) is 0 Å². The average Bonchev–Trinajstić information content (AvgIpc) is 2.49. The summed E-state index contributed by atoms with van der Waals surface area (Å²) in [6, 6.07) is 20.6. The van der Waals surface area contributed by atoms with E-state index in [-0.39, 0.29) is 0 Å². The molecule has 0 spiro atoms.